The Labute approximate surface area is 597 Å². The highest BCUT2D eigenvalue weighted by Crippen LogP contribution is 2.43. The van der Waals surface area contributed by atoms with Crippen molar-refractivity contribution in [2.45, 2.75) is 169 Å². The minimum atomic E-state index is -0.580. The van der Waals surface area contributed by atoms with Crippen molar-refractivity contribution >= 4 is 87.6 Å². The summed E-state index contributed by atoms with van der Waals surface area (Å²) in [4.78, 5) is 61.1. The van der Waals surface area contributed by atoms with Crippen molar-refractivity contribution in [3.63, 3.8) is 0 Å². The zero-order valence-corrected chi connectivity index (χ0v) is 60.4. The van der Waals surface area contributed by atoms with E-state index >= 15 is 0 Å². The first-order chi connectivity index (χ1) is 48.7. The number of aromatic nitrogens is 8. The molecule has 4 aliphatic rings. The molecule has 0 spiro atoms. The van der Waals surface area contributed by atoms with Crippen molar-refractivity contribution in [2.75, 3.05) is 29.5 Å². The molecule has 2 saturated carbocycles. The lowest BCUT2D eigenvalue weighted by atomic mass is 9.75. The molecule has 12 rings (SSSR count). The number of ether oxygens (including phenoxy) is 3. The summed E-state index contributed by atoms with van der Waals surface area (Å²) in [6, 6.07) is 26.0. The van der Waals surface area contributed by atoms with E-state index in [-0.39, 0.29) is 64.0 Å². The van der Waals surface area contributed by atoms with Crippen LogP contribution in [0.1, 0.15) is 178 Å². The number of halogens is 1. The molecule has 0 radical (unpaired) electrons. The van der Waals surface area contributed by atoms with Crippen molar-refractivity contribution < 1.29 is 23.8 Å². The molecule has 2 aliphatic carbocycles. The molecule has 2 aliphatic heterocycles. The average Bonchev–Trinajstić information content (AvgIpc) is 1.60. The first-order valence-electron chi connectivity index (χ1n) is 35.8. The first kappa shape index (κ1) is 71.9. The number of fused-ring (bicyclic) bond motifs is 4. The fraction of sp³-hybridized carbons (Fsp3) is 0.407. The molecule has 8 heterocycles. The number of hydrogen-bond acceptors (Lipinski definition) is 14. The Morgan fingerprint density at radius 2 is 1.20 bits per heavy atom. The second kappa shape index (κ2) is 34.1. The molecule has 8 aromatic rings. The van der Waals surface area contributed by atoms with Crippen molar-refractivity contribution in [3.05, 3.63) is 194 Å². The van der Waals surface area contributed by atoms with Gasteiger partial charge in [-0.05, 0) is 153 Å². The fourth-order valence-electron chi connectivity index (χ4n) is 14.3. The van der Waals surface area contributed by atoms with Crippen LogP contribution in [0.3, 0.4) is 0 Å². The molecular formula is C81H91ClN12O5S. The van der Waals surface area contributed by atoms with Gasteiger partial charge in [-0.3, -0.25) is 9.97 Å². The minimum Gasteiger partial charge on any atom is -0.493 e. The van der Waals surface area contributed by atoms with Crippen molar-refractivity contribution in [3.8, 4) is 28.8 Å². The van der Waals surface area contributed by atoms with Crippen LogP contribution in [-0.4, -0.2) is 83.0 Å². The third-order valence-corrected chi connectivity index (χ3v) is 20.6. The topological polar surface area (TPSA) is 163 Å². The number of rotatable bonds is 24. The van der Waals surface area contributed by atoms with Gasteiger partial charge in [-0.15, -0.1) is 10.2 Å². The summed E-state index contributed by atoms with van der Waals surface area (Å²) >= 11 is 8.46. The smallest absolute Gasteiger partial charge is 0.331 e. The molecule has 19 heteroatoms. The third-order valence-electron chi connectivity index (χ3n) is 19.3. The number of unbranched alkanes of at least 4 members (excludes halogenated alkanes) is 7. The van der Waals surface area contributed by atoms with E-state index in [2.05, 4.69) is 133 Å². The third kappa shape index (κ3) is 16.6. The van der Waals surface area contributed by atoms with Gasteiger partial charge in [0, 0.05) is 46.4 Å². The highest BCUT2D eigenvalue weighted by Gasteiger charge is 2.38. The molecule has 2 fully saturated rings. The maximum atomic E-state index is 14.0. The molecule has 100 heavy (non-hydrogen) atoms. The van der Waals surface area contributed by atoms with Gasteiger partial charge in [-0.2, -0.15) is 0 Å². The van der Waals surface area contributed by atoms with Crippen molar-refractivity contribution in [1.82, 2.24) is 39.2 Å². The van der Waals surface area contributed by atoms with Gasteiger partial charge in [0.2, 0.25) is 23.0 Å². The van der Waals surface area contributed by atoms with Crippen LogP contribution in [0.5, 0.6) is 5.75 Å². The van der Waals surface area contributed by atoms with Crippen molar-refractivity contribution in [1.29, 1.82) is 0 Å². The Bertz CT molecular complexity index is 4520. The number of pyridine rings is 2. The van der Waals surface area contributed by atoms with Gasteiger partial charge in [-0.1, -0.05) is 185 Å². The first-order valence-corrected chi connectivity index (χ1v) is 37.0. The molecule has 4 atom stereocenters. The Morgan fingerprint density at radius 3 is 1.84 bits per heavy atom. The number of nitrogens with zero attached hydrogens (tertiary/aromatic N) is 12. The molecule has 6 aromatic heterocycles. The van der Waals surface area contributed by atoms with E-state index in [9.17, 15) is 9.59 Å². The summed E-state index contributed by atoms with van der Waals surface area (Å²) < 4.78 is 21.5. The van der Waals surface area contributed by atoms with Crippen LogP contribution in [0.4, 0.5) is 22.7 Å². The Morgan fingerprint density at radius 1 is 0.630 bits per heavy atom. The maximum absolute atomic E-state index is 14.0. The number of anilines is 2. The zero-order valence-electron chi connectivity index (χ0n) is 58.8. The predicted molar refractivity (Wildman–Crippen MR) is 402 cm³/mol. The summed E-state index contributed by atoms with van der Waals surface area (Å²) in [6.07, 6.45) is 36.8. The molecule has 0 amide bonds. The number of carbonyl (C=O) groups is 2. The van der Waals surface area contributed by atoms with Crippen LogP contribution in [0.25, 0.3) is 62.2 Å². The van der Waals surface area contributed by atoms with E-state index in [1.54, 1.807) is 46.9 Å². The molecule has 2 aromatic carbocycles. The largest absolute Gasteiger partial charge is 0.493 e. The van der Waals surface area contributed by atoms with Gasteiger partial charge in [-0.25, -0.2) is 38.3 Å². The summed E-state index contributed by atoms with van der Waals surface area (Å²) in [5.74, 6) is 2.86. The van der Waals surface area contributed by atoms with Gasteiger partial charge >= 0.3 is 11.9 Å². The highest BCUT2D eigenvalue weighted by molar-refractivity contribution is 8.03. The number of thioether (sulfide) groups is 1. The zero-order chi connectivity index (χ0) is 70.2. The van der Waals surface area contributed by atoms with Gasteiger partial charge in [0.1, 0.15) is 46.3 Å². The lowest BCUT2D eigenvalue weighted by Gasteiger charge is -2.37. The van der Waals surface area contributed by atoms with E-state index in [0.717, 1.165) is 99.3 Å². The predicted octanol–water partition coefficient (Wildman–Crippen LogP) is 18.8. The lowest BCUT2D eigenvalue weighted by molar-refractivity contribution is -0.0250. The molecule has 0 bridgehead atoms. The average molecular weight is 1380 g/mol. The Kier molecular flexibility index (Phi) is 24.5. The normalized spacial score (nSPS) is 20.6. The molecular weight excluding hydrogens is 1290 g/mol. The van der Waals surface area contributed by atoms with Crippen molar-refractivity contribution in [2.24, 2.45) is 29.6 Å². The second-order valence-electron chi connectivity index (χ2n) is 27.0. The maximum Gasteiger partial charge on any atom is 0.331 e. The van der Waals surface area contributed by atoms with E-state index < -0.39 is 11.9 Å². The van der Waals surface area contributed by atoms with Gasteiger partial charge < -0.3 is 24.0 Å². The van der Waals surface area contributed by atoms with Gasteiger partial charge in [0.15, 0.2) is 11.3 Å². The van der Waals surface area contributed by atoms with E-state index in [1.807, 2.05) is 66.8 Å². The second-order valence-corrected chi connectivity index (χ2v) is 28.5. The lowest BCUT2D eigenvalue weighted by Crippen LogP contribution is -2.37. The quantitative estimate of drug-likeness (QED) is 0.0319. The number of para-hydroxylation sites is 2. The van der Waals surface area contributed by atoms with Crippen LogP contribution in [0.2, 0.25) is 0 Å². The highest BCUT2D eigenvalue weighted by atomic mass is 35.5. The monoisotopic (exact) mass is 1380 g/mol. The summed E-state index contributed by atoms with van der Waals surface area (Å²) in [6.45, 7) is 36.2. The molecule has 17 nitrogen and oxygen atoms in total. The standard InChI is InChI=1S/C41H44ClN5O3S.C40H47N7O2/c1-5-6-7-8-9-12-24-49-31-22-23-44-33(26-31)39-45-40-36(41(48)50-38-27(2)14-13-15-28(38)3)37(43-4)34(47(40)46-39)25-30(42)19-21-32-20-18-29-16-10-11-17-35(29)51-32;1-7-9-23-45-31-18-11-12-19-32(31)46(24-10-8-2)34(45)21-14-13-20-33-36(41-6)35(40(48)49-37-28(4)25-27(3)26-29(37)5)39-43-38(44-47(33)39)30-17-15-16-22-42-30/h10-11,16-23,25-28,38H,5-9,12-15,24H2,1-3H3;11-22,27-29,37H,7-10,23-26H2,1-5H3/b30-19-,32-21?,34-25+;14-13+,33-20+. The van der Waals surface area contributed by atoms with E-state index in [1.165, 1.54) is 47.1 Å². The van der Waals surface area contributed by atoms with Crippen LogP contribution in [0, 0.1) is 42.7 Å². The molecule has 4 unspecified atom stereocenters. The number of benzene rings is 2. The summed E-state index contributed by atoms with van der Waals surface area (Å²) in [5.41, 5.74) is 5.78. The van der Waals surface area contributed by atoms with Gasteiger partial charge in [0.25, 0.3) is 0 Å². The summed E-state index contributed by atoms with van der Waals surface area (Å²) in [5, 5.41) is 10.7. The SMILES string of the molecule is [C-]#[N+]c1c(C(=O)OC2C(C)CC(C)CC2C)c2nc(-c3ccccn3)nn2/c1=C/C=C/C=C1N(CCCC)c2ccccc2N1CCCC.[C-]#[N+]c1c(C(=O)OC2C(C)CCCC2C)c2nc(-c3cc(OCCCCCCCC)ccn3)nn2/c1=C/C(Cl)=C/C=C1C=Cc2ccccc2S1. The molecule has 0 N–H and O–H groups in total. The number of carbonyl (C=O) groups excluding carboxylic acids is 2. The van der Waals surface area contributed by atoms with Crippen LogP contribution in [-0.2, 0) is 9.47 Å². The fourth-order valence-corrected chi connectivity index (χ4v) is 15.4. The Balaban J connectivity index is 0.000000202. The van der Waals surface area contributed by atoms with Crippen LogP contribution in [0.15, 0.2) is 148 Å². The van der Waals surface area contributed by atoms with Gasteiger partial charge in [0.05, 0.1) is 41.8 Å². The summed E-state index contributed by atoms with van der Waals surface area (Å²) in [7, 11) is 0. The Hall–Kier alpha value is -9.36. The van der Waals surface area contributed by atoms with Crippen LogP contribution >= 0.6 is 23.4 Å². The molecule has 0 saturated heterocycles. The van der Waals surface area contributed by atoms with Crippen LogP contribution < -0.4 is 25.2 Å². The molecule has 518 valence electrons. The number of esters is 2. The minimum absolute atomic E-state index is 0.0839. The van der Waals surface area contributed by atoms with E-state index in [4.69, 9.17) is 59.1 Å². The number of allylic oxidation sites excluding steroid dienone is 7. The number of hydrogen-bond donors (Lipinski definition) is 0. The van der Waals surface area contributed by atoms with E-state index in [0.29, 0.717) is 62.7 Å².